The molecular weight excluding hydrogens is 382 g/mol. The SMILES string of the molecule is Cc1noc(-c2cccc(OC3CN(S(=O)(=O)c4c(C)nn(C)c4C)C3)c2)n1. The molecule has 4 rings (SSSR count). The van der Waals surface area contributed by atoms with Crippen molar-refractivity contribution < 1.29 is 17.7 Å². The summed E-state index contributed by atoms with van der Waals surface area (Å²) in [6.45, 7) is 5.80. The lowest BCUT2D eigenvalue weighted by Gasteiger charge is -2.37. The molecule has 1 aromatic carbocycles. The van der Waals surface area contributed by atoms with Gasteiger partial charge >= 0.3 is 0 Å². The van der Waals surface area contributed by atoms with Crippen molar-refractivity contribution in [2.24, 2.45) is 7.05 Å². The highest BCUT2D eigenvalue weighted by Crippen LogP contribution is 2.29. The highest BCUT2D eigenvalue weighted by molar-refractivity contribution is 7.89. The molecular formula is C18H21N5O4S. The number of ether oxygens (including phenoxy) is 1. The molecule has 0 aliphatic carbocycles. The van der Waals surface area contributed by atoms with Crippen molar-refractivity contribution in [1.29, 1.82) is 0 Å². The lowest BCUT2D eigenvalue weighted by molar-refractivity contribution is 0.0762. The molecule has 1 fully saturated rings. The van der Waals surface area contributed by atoms with Crippen LogP contribution in [0.3, 0.4) is 0 Å². The van der Waals surface area contributed by atoms with Crippen LogP contribution in [0.1, 0.15) is 17.2 Å². The predicted octanol–water partition coefficient (Wildman–Crippen LogP) is 1.85. The van der Waals surface area contributed by atoms with E-state index in [0.717, 1.165) is 5.56 Å². The maximum Gasteiger partial charge on any atom is 0.258 e. The topological polar surface area (TPSA) is 103 Å². The minimum absolute atomic E-state index is 0.216. The third-order valence-corrected chi connectivity index (χ3v) is 6.85. The molecule has 0 unspecified atom stereocenters. The second-order valence-corrected chi connectivity index (χ2v) is 8.73. The summed E-state index contributed by atoms with van der Waals surface area (Å²) in [5, 5.41) is 7.99. The van der Waals surface area contributed by atoms with Gasteiger partial charge in [0.25, 0.3) is 5.89 Å². The van der Waals surface area contributed by atoms with E-state index in [4.69, 9.17) is 9.26 Å². The van der Waals surface area contributed by atoms with Crippen molar-refractivity contribution in [3.63, 3.8) is 0 Å². The van der Waals surface area contributed by atoms with Gasteiger partial charge in [0.15, 0.2) is 5.82 Å². The zero-order valence-corrected chi connectivity index (χ0v) is 16.9. The smallest absolute Gasteiger partial charge is 0.258 e. The molecule has 28 heavy (non-hydrogen) atoms. The second-order valence-electron chi connectivity index (χ2n) is 6.86. The standard InChI is InChI=1S/C18H21N5O4S/c1-11-17(12(2)22(4)20-11)28(24,25)23-9-16(10-23)26-15-7-5-6-14(8-15)18-19-13(3)21-27-18/h5-8,16H,9-10H2,1-4H3. The lowest BCUT2D eigenvalue weighted by atomic mass is 10.2. The Hall–Kier alpha value is -2.72. The molecule has 1 aliphatic heterocycles. The molecule has 3 heterocycles. The van der Waals surface area contributed by atoms with E-state index >= 15 is 0 Å². The van der Waals surface area contributed by atoms with E-state index < -0.39 is 10.0 Å². The summed E-state index contributed by atoms with van der Waals surface area (Å²) in [4.78, 5) is 4.48. The molecule has 0 radical (unpaired) electrons. The van der Waals surface area contributed by atoms with Crippen LogP contribution in [-0.4, -0.2) is 51.8 Å². The number of rotatable bonds is 5. The van der Waals surface area contributed by atoms with E-state index in [1.807, 2.05) is 18.2 Å². The fraction of sp³-hybridized carbons (Fsp3) is 0.389. The van der Waals surface area contributed by atoms with Crippen molar-refractivity contribution in [1.82, 2.24) is 24.2 Å². The molecule has 0 saturated carbocycles. The molecule has 0 bridgehead atoms. The van der Waals surface area contributed by atoms with Gasteiger partial charge in [-0.25, -0.2) is 8.42 Å². The number of aromatic nitrogens is 4. The molecule has 1 saturated heterocycles. The van der Waals surface area contributed by atoms with Crippen LogP contribution in [0.2, 0.25) is 0 Å². The molecule has 0 amide bonds. The van der Waals surface area contributed by atoms with Gasteiger partial charge in [0.05, 0.1) is 24.5 Å². The fourth-order valence-electron chi connectivity index (χ4n) is 3.24. The van der Waals surface area contributed by atoms with E-state index in [9.17, 15) is 8.42 Å². The molecule has 10 heteroatoms. The maximum atomic E-state index is 12.9. The van der Waals surface area contributed by atoms with Crippen molar-refractivity contribution in [2.75, 3.05) is 13.1 Å². The normalized spacial score (nSPS) is 15.6. The Bertz CT molecular complexity index is 1130. The van der Waals surface area contributed by atoms with Gasteiger partial charge in [0.1, 0.15) is 16.7 Å². The average molecular weight is 403 g/mol. The van der Waals surface area contributed by atoms with Crippen LogP contribution < -0.4 is 4.74 Å². The van der Waals surface area contributed by atoms with Crippen LogP contribution in [0.25, 0.3) is 11.5 Å². The fourth-order valence-corrected chi connectivity index (χ4v) is 5.14. The summed E-state index contributed by atoms with van der Waals surface area (Å²) >= 11 is 0. The minimum Gasteiger partial charge on any atom is -0.488 e. The molecule has 148 valence electrons. The third-order valence-electron chi connectivity index (χ3n) is 4.77. The van der Waals surface area contributed by atoms with E-state index in [0.29, 0.717) is 41.9 Å². The number of sulfonamides is 1. The molecule has 3 aromatic rings. The quantitative estimate of drug-likeness (QED) is 0.640. The first-order chi connectivity index (χ1) is 13.3. The lowest BCUT2D eigenvalue weighted by Crippen LogP contribution is -2.56. The van der Waals surface area contributed by atoms with Gasteiger partial charge in [0, 0.05) is 12.6 Å². The first-order valence-corrected chi connectivity index (χ1v) is 10.3. The third kappa shape index (κ3) is 3.18. The largest absolute Gasteiger partial charge is 0.488 e. The van der Waals surface area contributed by atoms with Gasteiger partial charge in [-0.2, -0.15) is 14.4 Å². The summed E-state index contributed by atoms with van der Waals surface area (Å²) in [6, 6.07) is 7.31. The highest BCUT2D eigenvalue weighted by atomic mass is 32.2. The number of aryl methyl sites for hydroxylation is 3. The van der Waals surface area contributed by atoms with Crippen LogP contribution in [0.15, 0.2) is 33.7 Å². The van der Waals surface area contributed by atoms with Crippen LogP contribution >= 0.6 is 0 Å². The van der Waals surface area contributed by atoms with Gasteiger partial charge in [-0.3, -0.25) is 4.68 Å². The van der Waals surface area contributed by atoms with E-state index in [-0.39, 0.29) is 11.0 Å². The second kappa shape index (κ2) is 6.71. The molecule has 9 nitrogen and oxygen atoms in total. The summed E-state index contributed by atoms with van der Waals surface area (Å²) in [7, 11) is -1.84. The average Bonchev–Trinajstić information content (AvgIpc) is 3.14. The summed E-state index contributed by atoms with van der Waals surface area (Å²) < 4.78 is 39.9. The van der Waals surface area contributed by atoms with Gasteiger partial charge in [-0.1, -0.05) is 11.2 Å². The Kier molecular flexibility index (Phi) is 4.47. The summed E-state index contributed by atoms with van der Waals surface area (Å²) in [5.74, 6) is 1.61. The number of nitrogens with zero attached hydrogens (tertiary/aromatic N) is 5. The monoisotopic (exact) mass is 403 g/mol. The van der Waals surface area contributed by atoms with E-state index in [1.54, 1.807) is 38.6 Å². The van der Waals surface area contributed by atoms with E-state index in [2.05, 4.69) is 15.2 Å². The number of hydrogen-bond acceptors (Lipinski definition) is 7. The Morgan fingerprint density at radius 1 is 1.21 bits per heavy atom. The molecule has 0 atom stereocenters. The van der Waals surface area contributed by atoms with Gasteiger partial charge in [-0.05, 0) is 39.0 Å². The zero-order valence-electron chi connectivity index (χ0n) is 16.1. The summed E-state index contributed by atoms with van der Waals surface area (Å²) in [5.41, 5.74) is 1.89. The summed E-state index contributed by atoms with van der Waals surface area (Å²) in [6.07, 6.45) is -0.216. The molecule has 1 aliphatic rings. The van der Waals surface area contributed by atoms with Crippen LogP contribution in [0.5, 0.6) is 5.75 Å². The number of hydrogen-bond donors (Lipinski definition) is 0. The predicted molar refractivity (Wildman–Crippen MR) is 100 cm³/mol. The molecule has 0 spiro atoms. The molecule has 0 N–H and O–H groups in total. The Morgan fingerprint density at radius 3 is 2.57 bits per heavy atom. The van der Waals surface area contributed by atoms with Crippen molar-refractivity contribution in [3.05, 3.63) is 41.5 Å². The Labute approximate surface area is 163 Å². The molecule has 2 aromatic heterocycles. The van der Waals surface area contributed by atoms with Gasteiger partial charge in [0.2, 0.25) is 10.0 Å². The van der Waals surface area contributed by atoms with Crippen LogP contribution in [0, 0.1) is 20.8 Å². The van der Waals surface area contributed by atoms with Crippen LogP contribution in [0.4, 0.5) is 0 Å². The number of benzene rings is 1. The van der Waals surface area contributed by atoms with Crippen molar-refractivity contribution >= 4 is 10.0 Å². The zero-order chi connectivity index (χ0) is 20.1. The van der Waals surface area contributed by atoms with Crippen LogP contribution in [-0.2, 0) is 17.1 Å². The maximum absolute atomic E-state index is 12.9. The highest BCUT2D eigenvalue weighted by Gasteiger charge is 2.40. The van der Waals surface area contributed by atoms with Crippen molar-refractivity contribution in [3.8, 4) is 17.2 Å². The van der Waals surface area contributed by atoms with Crippen molar-refractivity contribution in [2.45, 2.75) is 31.8 Å². The Balaban J connectivity index is 1.45. The van der Waals surface area contributed by atoms with Gasteiger partial charge < -0.3 is 9.26 Å². The minimum atomic E-state index is -3.58. The first kappa shape index (κ1) is 18.6. The van der Waals surface area contributed by atoms with Gasteiger partial charge in [-0.15, -0.1) is 0 Å². The Morgan fingerprint density at radius 2 is 1.96 bits per heavy atom. The first-order valence-electron chi connectivity index (χ1n) is 8.83. The van der Waals surface area contributed by atoms with E-state index in [1.165, 1.54) is 4.31 Å².